The minimum absolute atomic E-state index is 0.144. The zero-order valence-corrected chi connectivity index (χ0v) is 14.8. The molecule has 0 saturated carbocycles. The molecule has 124 valence electrons. The van der Waals surface area contributed by atoms with E-state index < -0.39 is 5.97 Å². The monoisotopic (exact) mass is 387 g/mol. The van der Waals surface area contributed by atoms with E-state index in [0.29, 0.717) is 19.4 Å². The van der Waals surface area contributed by atoms with Gasteiger partial charge in [0.1, 0.15) is 0 Å². The maximum Gasteiger partial charge on any atom is 0.335 e. The standard InChI is InChI=1S/C19H18BrNO3/c20-17-7-6-16-12-21(10-9-15(16)11-17)18(22)8-3-13-1-4-14(5-2-13)19(23)24/h1-2,4-7,11H,3,8-10,12H2,(H,23,24). The van der Waals surface area contributed by atoms with Crippen molar-refractivity contribution < 1.29 is 14.7 Å². The van der Waals surface area contributed by atoms with E-state index in [1.807, 2.05) is 11.0 Å². The summed E-state index contributed by atoms with van der Waals surface area (Å²) >= 11 is 3.48. The lowest BCUT2D eigenvalue weighted by molar-refractivity contribution is -0.132. The highest BCUT2D eigenvalue weighted by molar-refractivity contribution is 9.10. The Morgan fingerprint density at radius 3 is 2.54 bits per heavy atom. The van der Waals surface area contributed by atoms with Crippen molar-refractivity contribution in [3.05, 3.63) is 69.2 Å². The number of halogens is 1. The number of aromatic carboxylic acids is 1. The summed E-state index contributed by atoms with van der Waals surface area (Å²) in [6.07, 6.45) is 1.95. The Morgan fingerprint density at radius 1 is 1.08 bits per heavy atom. The molecule has 1 aliphatic rings. The molecule has 0 fully saturated rings. The van der Waals surface area contributed by atoms with Crippen LogP contribution in [0, 0.1) is 0 Å². The highest BCUT2D eigenvalue weighted by atomic mass is 79.9. The summed E-state index contributed by atoms with van der Waals surface area (Å²) < 4.78 is 1.07. The third-order valence-corrected chi connectivity index (χ3v) is 4.85. The maximum atomic E-state index is 12.4. The number of carbonyl (C=O) groups excluding carboxylic acids is 1. The van der Waals surface area contributed by atoms with Gasteiger partial charge in [-0.2, -0.15) is 0 Å². The third-order valence-electron chi connectivity index (χ3n) is 4.36. The third kappa shape index (κ3) is 3.85. The second kappa shape index (κ2) is 7.18. The van der Waals surface area contributed by atoms with E-state index in [9.17, 15) is 9.59 Å². The second-order valence-electron chi connectivity index (χ2n) is 5.98. The lowest BCUT2D eigenvalue weighted by atomic mass is 9.99. The van der Waals surface area contributed by atoms with Crippen molar-refractivity contribution in [2.45, 2.75) is 25.8 Å². The van der Waals surface area contributed by atoms with Crippen LogP contribution in [0.3, 0.4) is 0 Å². The molecule has 0 spiro atoms. The molecule has 0 saturated heterocycles. The van der Waals surface area contributed by atoms with Gasteiger partial charge in [0.25, 0.3) is 0 Å². The number of carboxylic acid groups (broad SMARTS) is 1. The molecule has 0 radical (unpaired) electrons. The summed E-state index contributed by atoms with van der Waals surface area (Å²) in [5, 5.41) is 8.90. The number of carbonyl (C=O) groups is 2. The second-order valence-corrected chi connectivity index (χ2v) is 6.90. The molecule has 0 bridgehead atoms. The largest absolute Gasteiger partial charge is 0.478 e. The van der Waals surface area contributed by atoms with E-state index in [0.717, 1.165) is 23.0 Å². The number of aryl methyl sites for hydroxylation is 1. The van der Waals surface area contributed by atoms with Gasteiger partial charge in [0.2, 0.25) is 5.91 Å². The van der Waals surface area contributed by atoms with Gasteiger partial charge in [-0.05, 0) is 53.8 Å². The fraction of sp³-hybridized carbons (Fsp3) is 0.263. The Morgan fingerprint density at radius 2 is 1.83 bits per heavy atom. The minimum Gasteiger partial charge on any atom is -0.478 e. The molecule has 0 unspecified atom stereocenters. The molecule has 0 aliphatic carbocycles. The minimum atomic E-state index is -0.934. The van der Waals surface area contributed by atoms with Crippen molar-refractivity contribution in [2.75, 3.05) is 6.54 Å². The first-order chi connectivity index (χ1) is 11.5. The summed E-state index contributed by atoms with van der Waals surface area (Å²) in [6, 6.07) is 12.9. The van der Waals surface area contributed by atoms with Gasteiger partial charge in [-0.15, -0.1) is 0 Å². The Kier molecular flexibility index (Phi) is 5.00. The van der Waals surface area contributed by atoms with Crippen LogP contribution in [0.2, 0.25) is 0 Å². The number of carboxylic acids is 1. The molecular formula is C19H18BrNO3. The van der Waals surface area contributed by atoms with Crippen LogP contribution < -0.4 is 0 Å². The van der Waals surface area contributed by atoms with Gasteiger partial charge >= 0.3 is 5.97 Å². The van der Waals surface area contributed by atoms with Crippen LogP contribution in [0.4, 0.5) is 0 Å². The van der Waals surface area contributed by atoms with E-state index in [2.05, 4.69) is 28.1 Å². The smallest absolute Gasteiger partial charge is 0.335 e. The van der Waals surface area contributed by atoms with Gasteiger partial charge in [0.15, 0.2) is 0 Å². The molecule has 1 aliphatic heterocycles. The molecular weight excluding hydrogens is 370 g/mol. The fourth-order valence-electron chi connectivity index (χ4n) is 2.96. The number of hydrogen-bond acceptors (Lipinski definition) is 2. The first-order valence-corrected chi connectivity index (χ1v) is 8.69. The molecule has 1 N–H and O–H groups in total. The molecule has 3 rings (SSSR count). The highest BCUT2D eigenvalue weighted by Crippen LogP contribution is 2.23. The van der Waals surface area contributed by atoms with Crippen LogP contribution in [0.5, 0.6) is 0 Å². The summed E-state index contributed by atoms with van der Waals surface area (Å²) in [5.41, 5.74) is 3.76. The van der Waals surface area contributed by atoms with Gasteiger partial charge in [-0.1, -0.05) is 34.1 Å². The maximum absolute atomic E-state index is 12.4. The molecule has 24 heavy (non-hydrogen) atoms. The van der Waals surface area contributed by atoms with Gasteiger partial charge in [0.05, 0.1) is 5.56 Å². The van der Waals surface area contributed by atoms with Crippen LogP contribution in [-0.2, 0) is 24.2 Å². The van der Waals surface area contributed by atoms with E-state index >= 15 is 0 Å². The molecule has 0 aromatic heterocycles. The van der Waals surface area contributed by atoms with Gasteiger partial charge in [-0.3, -0.25) is 4.79 Å². The lowest BCUT2D eigenvalue weighted by Crippen LogP contribution is -2.36. The Hall–Kier alpha value is -2.14. The van der Waals surface area contributed by atoms with Gasteiger partial charge < -0.3 is 10.0 Å². The van der Waals surface area contributed by atoms with Crippen molar-refractivity contribution in [2.24, 2.45) is 0 Å². The average molecular weight is 388 g/mol. The van der Waals surface area contributed by atoms with Crippen LogP contribution in [-0.4, -0.2) is 28.4 Å². The van der Waals surface area contributed by atoms with Crippen LogP contribution in [0.15, 0.2) is 46.9 Å². The van der Waals surface area contributed by atoms with E-state index in [1.165, 1.54) is 11.1 Å². The lowest BCUT2D eigenvalue weighted by Gasteiger charge is -2.29. The van der Waals surface area contributed by atoms with Crippen LogP contribution in [0.1, 0.15) is 33.5 Å². The van der Waals surface area contributed by atoms with Crippen molar-refractivity contribution in [3.8, 4) is 0 Å². The number of hydrogen-bond donors (Lipinski definition) is 1. The number of benzene rings is 2. The summed E-state index contributed by atoms with van der Waals surface area (Å²) in [4.78, 5) is 25.2. The molecule has 2 aromatic rings. The van der Waals surface area contributed by atoms with Gasteiger partial charge in [0, 0.05) is 24.0 Å². The topological polar surface area (TPSA) is 57.6 Å². The van der Waals surface area contributed by atoms with Crippen molar-refractivity contribution in [1.29, 1.82) is 0 Å². The number of amides is 1. The molecule has 2 aromatic carbocycles. The molecule has 0 atom stereocenters. The van der Waals surface area contributed by atoms with E-state index in [4.69, 9.17) is 5.11 Å². The van der Waals surface area contributed by atoms with Crippen LogP contribution in [0.25, 0.3) is 0 Å². The first-order valence-electron chi connectivity index (χ1n) is 7.90. The first kappa shape index (κ1) is 16.7. The Labute approximate surface area is 149 Å². The fourth-order valence-corrected chi connectivity index (χ4v) is 3.37. The normalized spacial score (nSPS) is 13.5. The Bertz CT molecular complexity index is 771. The Balaban J connectivity index is 1.57. The van der Waals surface area contributed by atoms with E-state index in [1.54, 1.807) is 24.3 Å². The molecule has 5 heteroatoms. The summed E-state index contributed by atoms with van der Waals surface area (Å²) in [6.45, 7) is 1.42. The molecule has 1 heterocycles. The molecule has 4 nitrogen and oxygen atoms in total. The van der Waals surface area contributed by atoms with Crippen molar-refractivity contribution in [3.63, 3.8) is 0 Å². The zero-order chi connectivity index (χ0) is 17.1. The predicted octanol–water partition coefficient (Wildman–Crippen LogP) is 3.66. The quantitative estimate of drug-likeness (QED) is 0.870. The summed E-state index contributed by atoms with van der Waals surface area (Å²) in [5.74, 6) is -0.790. The van der Waals surface area contributed by atoms with Crippen molar-refractivity contribution >= 4 is 27.8 Å². The number of fused-ring (bicyclic) bond motifs is 1. The predicted molar refractivity (Wildman–Crippen MR) is 95.0 cm³/mol. The SMILES string of the molecule is O=C(O)c1ccc(CCC(=O)N2CCc3cc(Br)ccc3C2)cc1. The van der Waals surface area contributed by atoms with Gasteiger partial charge in [-0.25, -0.2) is 4.79 Å². The number of nitrogens with zero attached hydrogens (tertiary/aromatic N) is 1. The summed E-state index contributed by atoms with van der Waals surface area (Å²) in [7, 11) is 0. The zero-order valence-electron chi connectivity index (χ0n) is 13.2. The average Bonchev–Trinajstić information content (AvgIpc) is 2.59. The van der Waals surface area contributed by atoms with Crippen molar-refractivity contribution in [1.82, 2.24) is 4.90 Å². The highest BCUT2D eigenvalue weighted by Gasteiger charge is 2.20. The molecule has 1 amide bonds. The number of rotatable bonds is 4. The van der Waals surface area contributed by atoms with Crippen LogP contribution >= 0.6 is 15.9 Å². The van der Waals surface area contributed by atoms with E-state index in [-0.39, 0.29) is 11.5 Å².